The lowest BCUT2D eigenvalue weighted by Gasteiger charge is -2.22. The van der Waals surface area contributed by atoms with Gasteiger partial charge in [0.15, 0.2) is 0 Å². The zero-order valence-corrected chi connectivity index (χ0v) is 23.9. The van der Waals surface area contributed by atoms with Crippen molar-refractivity contribution in [3.63, 3.8) is 0 Å². The van der Waals surface area contributed by atoms with Crippen molar-refractivity contribution in [1.29, 1.82) is 0 Å². The molecule has 1 N–H and O–H groups in total. The fourth-order valence-corrected chi connectivity index (χ4v) is 4.66. The van der Waals surface area contributed by atoms with Gasteiger partial charge in [0.05, 0.1) is 19.7 Å². The third kappa shape index (κ3) is 8.59. The van der Waals surface area contributed by atoms with E-state index in [1.807, 2.05) is 24.3 Å². The van der Waals surface area contributed by atoms with Crippen LogP contribution in [0.5, 0.6) is 11.5 Å². The summed E-state index contributed by atoms with van der Waals surface area (Å²) in [5.41, 5.74) is 6.02. The van der Waals surface area contributed by atoms with Gasteiger partial charge in [-0.3, -0.25) is 19.3 Å². The van der Waals surface area contributed by atoms with Gasteiger partial charge in [-0.1, -0.05) is 30.3 Å². The van der Waals surface area contributed by atoms with Crippen molar-refractivity contribution < 1.29 is 33.2 Å². The van der Waals surface area contributed by atoms with Gasteiger partial charge < -0.3 is 24.1 Å². The quantitative estimate of drug-likeness (QED) is 0.299. The molecule has 0 aliphatic carbocycles. The summed E-state index contributed by atoms with van der Waals surface area (Å²) in [6.07, 6.45) is 0.740. The molecule has 0 atom stereocenters. The fraction of sp³-hybridized carbons (Fsp3) is 0.323. The monoisotopic (exact) mass is 558 g/mol. The number of likely N-dealkylation sites (N-methyl/N-ethyl adjacent to an activating group) is 1. The molecule has 4 rings (SSSR count). The Morgan fingerprint density at radius 2 is 1.59 bits per heavy atom. The van der Waals surface area contributed by atoms with E-state index in [1.165, 1.54) is 6.92 Å². The summed E-state index contributed by atoms with van der Waals surface area (Å²) in [6.45, 7) is 7.16. The van der Waals surface area contributed by atoms with E-state index < -0.39 is 19.1 Å². The van der Waals surface area contributed by atoms with Crippen LogP contribution in [0.1, 0.15) is 30.0 Å². The van der Waals surface area contributed by atoms with Crippen LogP contribution >= 0.6 is 0 Å². The molecule has 0 unspecified atom stereocenters. The molecule has 1 aliphatic heterocycles. The molecule has 41 heavy (non-hydrogen) atoms. The van der Waals surface area contributed by atoms with Gasteiger partial charge in [0.25, 0.3) is 0 Å². The van der Waals surface area contributed by atoms with Crippen molar-refractivity contribution in [2.24, 2.45) is 0 Å². The van der Waals surface area contributed by atoms with Gasteiger partial charge in [-0.05, 0) is 85.5 Å². The van der Waals surface area contributed by atoms with E-state index in [4.69, 9.17) is 18.8 Å². The number of carbonyl (C=O) groups is 3. The molecule has 1 heterocycles. The van der Waals surface area contributed by atoms with Gasteiger partial charge in [0.2, 0.25) is 5.91 Å². The van der Waals surface area contributed by atoms with Gasteiger partial charge in [0, 0.05) is 18.9 Å². The minimum absolute atomic E-state index is 0.0178. The average Bonchev–Trinajstić information content (AvgIpc) is 2.90. The maximum Gasteiger partial charge on any atom is 0.636 e. The number of benzene rings is 3. The minimum atomic E-state index is -1.08. The second-order valence-electron chi connectivity index (χ2n) is 10.2. The summed E-state index contributed by atoms with van der Waals surface area (Å²) in [4.78, 5) is 36.6. The summed E-state index contributed by atoms with van der Waals surface area (Å²) in [6, 6.07) is 19.2. The maximum absolute atomic E-state index is 12.0. The average molecular weight is 558 g/mol. The van der Waals surface area contributed by atoms with Crippen molar-refractivity contribution in [2.75, 3.05) is 33.3 Å². The third-order valence-corrected chi connectivity index (χ3v) is 6.52. The van der Waals surface area contributed by atoms with E-state index in [1.54, 1.807) is 36.2 Å². The highest BCUT2D eigenvalue weighted by Crippen LogP contribution is 2.32. The summed E-state index contributed by atoms with van der Waals surface area (Å²) in [5.74, 6) is 0.483. The molecule has 0 bridgehead atoms. The second kappa shape index (κ2) is 13.9. The van der Waals surface area contributed by atoms with Crippen LogP contribution in [0.4, 0.5) is 0 Å². The van der Waals surface area contributed by atoms with Crippen molar-refractivity contribution in [1.82, 2.24) is 10.2 Å². The zero-order valence-electron chi connectivity index (χ0n) is 23.9. The van der Waals surface area contributed by atoms with Crippen molar-refractivity contribution in [2.45, 2.75) is 33.8 Å². The van der Waals surface area contributed by atoms with Gasteiger partial charge in [-0.15, -0.1) is 0 Å². The molecule has 1 saturated heterocycles. The lowest BCUT2D eigenvalue weighted by Crippen LogP contribution is -2.47. The summed E-state index contributed by atoms with van der Waals surface area (Å²) >= 11 is 0. The Kier molecular flexibility index (Phi) is 10.0. The SMILES string of the molecule is CC(=O)NCCCOc1cc(C)c(-c2cccc(COc3ccc(B4OC(=O)CN(C)CC(=O)O4)cc3)c2)c(C)c1. The first-order valence-electron chi connectivity index (χ1n) is 13.6. The molecule has 3 aromatic carbocycles. The number of aryl methyl sites for hydroxylation is 2. The predicted molar refractivity (Wildman–Crippen MR) is 156 cm³/mol. The number of nitrogens with zero attached hydrogens (tertiary/aromatic N) is 1. The van der Waals surface area contributed by atoms with Gasteiger partial charge in [0.1, 0.15) is 18.1 Å². The highest BCUT2D eigenvalue weighted by molar-refractivity contribution is 6.64. The van der Waals surface area contributed by atoms with E-state index in [0.717, 1.165) is 40.0 Å². The Morgan fingerprint density at radius 1 is 0.927 bits per heavy atom. The Balaban J connectivity index is 1.37. The molecule has 0 saturated carbocycles. The number of hydrogen-bond donors (Lipinski definition) is 1. The van der Waals surface area contributed by atoms with E-state index in [0.29, 0.717) is 31.0 Å². The van der Waals surface area contributed by atoms with Crippen LogP contribution in [0.3, 0.4) is 0 Å². The molecular formula is C31H35BN2O7. The van der Waals surface area contributed by atoms with Crippen LogP contribution in [0.2, 0.25) is 0 Å². The van der Waals surface area contributed by atoms with Crippen molar-refractivity contribution in [3.05, 3.63) is 77.4 Å². The van der Waals surface area contributed by atoms with Crippen LogP contribution in [0, 0.1) is 13.8 Å². The lowest BCUT2D eigenvalue weighted by molar-refractivity contribution is -0.145. The Hall–Kier alpha value is -4.31. The number of carbonyl (C=O) groups excluding carboxylic acids is 3. The van der Waals surface area contributed by atoms with Crippen LogP contribution < -0.4 is 20.3 Å². The van der Waals surface area contributed by atoms with E-state index in [9.17, 15) is 14.4 Å². The number of rotatable bonds is 10. The number of hydrogen-bond acceptors (Lipinski definition) is 8. The third-order valence-electron chi connectivity index (χ3n) is 6.52. The first-order chi connectivity index (χ1) is 19.7. The predicted octanol–water partition coefficient (Wildman–Crippen LogP) is 3.18. The molecule has 0 aromatic heterocycles. The Labute approximate surface area is 240 Å². The molecule has 1 fully saturated rings. The number of nitrogens with one attached hydrogen (secondary N) is 1. The molecule has 1 amide bonds. The largest absolute Gasteiger partial charge is 0.636 e. The maximum atomic E-state index is 12.0. The smallest absolute Gasteiger partial charge is 0.494 e. The van der Waals surface area contributed by atoms with Gasteiger partial charge in [-0.25, -0.2) is 0 Å². The lowest BCUT2D eigenvalue weighted by atomic mass is 9.78. The standard InChI is InChI=1S/C31H35BN2O7/c1-21-15-28(38-14-6-13-33-23(3)35)16-22(2)31(21)25-8-5-7-24(17-25)20-39-27-11-9-26(10-12-27)32-40-29(36)18-34(4)19-30(37)41-32/h5,7-12,15-17H,6,13-14,18-20H2,1-4H3,(H,33,35). The van der Waals surface area contributed by atoms with Crippen molar-refractivity contribution >= 4 is 30.4 Å². The molecule has 9 nitrogen and oxygen atoms in total. The Morgan fingerprint density at radius 3 is 2.22 bits per heavy atom. The molecule has 3 aromatic rings. The normalized spacial score (nSPS) is 14.0. The molecule has 1 aliphatic rings. The second-order valence-corrected chi connectivity index (χ2v) is 10.2. The van der Waals surface area contributed by atoms with Crippen LogP contribution in [-0.4, -0.2) is 63.2 Å². The van der Waals surface area contributed by atoms with Crippen LogP contribution in [0.15, 0.2) is 60.7 Å². The topological polar surface area (TPSA) is 103 Å². The van der Waals surface area contributed by atoms with Gasteiger partial charge in [-0.2, -0.15) is 0 Å². The first kappa shape index (κ1) is 29.7. The fourth-order valence-electron chi connectivity index (χ4n) is 4.66. The summed E-state index contributed by atoms with van der Waals surface area (Å²) in [5, 5.41) is 2.77. The zero-order chi connectivity index (χ0) is 29.4. The van der Waals surface area contributed by atoms with Gasteiger partial charge >= 0.3 is 19.1 Å². The molecule has 214 valence electrons. The summed E-state index contributed by atoms with van der Waals surface area (Å²) < 4.78 is 22.6. The Bertz CT molecular complexity index is 1350. The number of amides is 1. The van der Waals surface area contributed by atoms with E-state index in [2.05, 4.69) is 31.3 Å². The van der Waals surface area contributed by atoms with Crippen LogP contribution in [0.25, 0.3) is 11.1 Å². The molecular weight excluding hydrogens is 523 g/mol. The first-order valence-corrected chi connectivity index (χ1v) is 13.6. The molecule has 10 heteroatoms. The van der Waals surface area contributed by atoms with Crippen LogP contribution in [-0.2, 0) is 30.3 Å². The van der Waals surface area contributed by atoms with Crippen molar-refractivity contribution in [3.8, 4) is 22.6 Å². The van der Waals surface area contributed by atoms with E-state index in [-0.39, 0.29) is 19.0 Å². The minimum Gasteiger partial charge on any atom is -0.494 e. The highest BCUT2D eigenvalue weighted by atomic mass is 16.6. The highest BCUT2D eigenvalue weighted by Gasteiger charge is 2.33. The van der Waals surface area contributed by atoms with E-state index >= 15 is 0 Å². The number of ether oxygens (including phenoxy) is 2. The molecule has 0 spiro atoms. The summed E-state index contributed by atoms with van der Waals surface area (Å²) in [7, 11) is 0.570. The molecule has 0 radical (unpaired) electrons.